The molecule has 2 aromatic carbocycles. The number of carbonyl (C=O) groups is 1. The molecule has 1 amide bonds. The highest BCUT2D eigenvalue weighted by Gasteiger charge is 2.26. The summed E-state index contributed by atoms with van der Waals surface area (Å²) in [5.41, 5.74) is 0.218. The van der Waals surface area contributed by atoms with Crippen molar-refractivity contribution < 1.29 is 27.1 Å². The molecule has 0 aliphatic carbocycles. The molecule has 0 spiro atoms. The molecule has 0 saturated heterocycles. The van der Waals surface area contributed by atoms with Crippen LogP contribution in [0.1, 0.15) is 6.92 Å². The fourth-order valence-corrected chi connectivity index (χ4v) is 3.85. The van der Waals surface area contributed by atoms with Gasteiger partial charge < -0.3 is 14.8 Å². The third-order valence-electron chi connectivity index (χ3n) is 3.84. The summed E-state index contributed by atoms with van der Waals surface area (Å²) >= 11 is 3.13. The number of hydrogen-bond donors (Lipinski definition) is 1. The van der Waals surface area contributed by atoms with E-state index >= 15 is 0 Å². The Morgan fingerprint density at radius 3 is 2.67 bits per heavy atom. The molecule has 1 N–H and O–H groups in total. The first-order chi connectivity index (χ1) is 12.8. The summed E-state index contributed by atoms with van der Waals surface area (Å²) in [6.07, 6.45) is 0. The Kier molecular flexibility index (Phi) is 5.56. The van der Waals surface area contributed by atoms with Gasteiger partial charge in [0, 0.05) is 10.5 Å². The summed E-state index contributed by atoms with van der Waals surface area (Å²) in [5.74, 6) is -0.629. The highest BCUT2D eigenvalue weighted by atomic mass is 79.9. The monoisotopic (exact) mass is 458 g/mol. The average Bonchev–Trinajstić information content (AvgIpc) is 3.09. The minimum atomic E-state index is -3.76. The molecule has 2 aromatic rings. The molecule has 0 aromatic heterocycles. The molecule has 0 atom stereocenters. The molecule has 7 nitrogen and oxygen atoms in total. The third-order valence-corrected chi connectivity index (χ3v) is 6.07. The minimum Gasteiger partial charge on any atom is -0.454 e. The lowest BCUT2D eigenvalue weighted by Crippen LogP contribution is -2.39. The van der Waals surface area contributed by atoms with Gasteiger partial charge in [0.1, 0.15) is 12.4 Å². The molecule has 1 aliphatic rings. The van der Waals surface area contributed by atoms with Gasteiger partial charge in [-0.15, -0.1) is 0 Å². The lowest BCUT2D eigenvalue weighted by atomic mass is 10.2. The van der Waals surface area contributed by atoms with Crippen molar-refractivity contribution >= 4 is 43.2 Å². The summed E-state index contributed by atoms with van der Waals surface area (Å²) < 4.78 is 50.9. The molecule has 10 heteroatoms. The van der Waals surface area contributed by atoms with E-state index in [-0.39, 0.29) is 23.9 Å². The van der Waals surface area contributed by atoms with Crippen molar-refractivity contribution in [2.45, 2.75) is 6.92 Å². The van der Waals surface area contributed by atoms with Gasteiger partial charge in [0.15, 0.2) is 11.5 Å². The second-order valence-electron chi connectivity index (χ2n) is 5.62. The SMILES string of the molecule is CCS(=O)(=O)N(CC(=O)Nc1ccc(Br)cc1F)c1ccc2c(c1)OCO2. The predicted molar refractivity (Wildman–Crippen MR) is 102 cm³/mol. The number of ether oxygens (including phenoxy) is 2. The maximum atomic E-state index is 13.9. The molecule has 0 radical (unpaired) electrons. The normalized spacial score (nSPS) is 12.7. The van der Waals surface area contributed by atoms with E-state index in [1.807, 2.05) is 0 Å². The first-order valence-corrected chi connectivity index (χ1v) is 10.4. The quantitative estimate of drug-likeness (QED) is 0.718. The molecule has 0 bridgehead atoms. The topological polar surface area (TPSA) is 84.9 Å². The fourth-order valence-electron chi connectivity index (χ4n) is 2.46. The van der Waals surface area contributed by atoms with Crippen LogP contribution in [0.3, 0.4) is 0 Å². The lowest BCUT2D eigenvalue weighted by molar-refractivity contribution is -0.114. The van der Waals surface area contributed by atoms with Crippen molar-refractivity contribution in [1.29, 1.82) is 0 Å². The number of rotatable bonds is 6. The van der Waals surface area contributed by atoms with Crippen molar-refractivity contribution in [2.24, 2.45) is 0 Å². The van der Waals surface area contributed by atoms with Crippen LogP contribution in [0.2, 0.25) is 0 Å². The Labute approximate surface area is 164 Å². The Hall–Kier alpha value is -2.33. The molecular weight excluding hydrogens is 443 g/mol. The van der Waals surface area contributed by atoms with Gasteiger partial charge in [0.2, 0.25) is 22.7 Å². The number of sulfonamides is 1. The molecule has 3 rings (SSSR count). The van der Waals surface area contributed by atoms with E-state index < -0.39 is 28.3 Å². The number of nitrogens with one attached hydrogen (secondary N) is 1. The van der Waals surface area contributed by atoms with Gasteiger partial charge in [-0.25, -0.2) is 12.8 Å². The van der Waals surface area contributed by atoms with Crippen molar-refractivity contribution in [3.8, 4) is 11.5 Å². The van der Waals surface area contributed by atoms with Gasteiger partial charge in [0.25, 0.3) is 0 Å². The molecule has 0 fully saturated rings. The van der Waals surface area contributed by atoms with E-state index in [9.17, 15) is 17.6 Å². The zero-order valence-electron chi connectivity index (χ0n) is 14.2. The molecule has 144 valence electrons. The first-order valence-electron chi connectivity index (χ1n) is 7.95. The molecule has 0 unspecified atom stereocenters. The fraction of sp³-hybridized carbons (Fsp3) is 0.235. The summed E-state index contributed by atoms with van der Waals surface area (Å²) in [7, 11) is -3.76. The zero-order valence-corrected chi connectivity index (χ0v) is 16.6. The number of carbonyl (C=O) groups excluding carboxylic acids is 1. The average molecular weight is 459 g/mol. The number of amides is 1. The van der Waals surface area contributed by atoms with Crippen molar-refractivity contribution in [3.05, 3.63) is 46.7 Å². The van der Waals surface area contributed by atoms with Gasteiger partial charge in [-0.2, -0.15) is 0 Å². The number of hydrogen-bond acceptors (Lipinski definition) is 5. The van der Waals surface area contributed by atoms with E-state index in [1.165, 1.54) is 31.2 Å². The number of halogens is 2. The summed E-state index contributed by atoms with van der Waals surface area (Å²) in [6.45, 7) is 1.01. The minimum absolute atomic E-state index is 0.0391. The van der Waals surface area contributed by atoms with Gasteiger partial charge >= 0.3 is 0 Å². The summed E-state index contributed by atoms with van der Waals surface area (Å²) in [4.78, 5) is 12.4. The van der Waals surface area contributed by atoms with Crippen LogP contribution in [0.5, 0.6) is 11.5 Å². The number of fused-ring (bicyclic) bond motifs is 1. The largest absolute Gasteiger partial charge is 0.454 e. The smallest absolute Gasteiger partial charge is 0.245 e. The Morgan fingerprint density at radius 2 is 1.96 bits per heavy atom. The van der Waals surface area contributed by atoms with Gasteiger partial charge in [-0.05, 0) is 37.3 Å². The second-order valence-corrected chi connectivity index (χ2v) is 8.71. The molecule has 1 aliphatic heterocycles. The summed E-state index contributed by atoms with van der Waals surface area (Å²) in [5, 5.41) is 2.39. The number of benzene rings is 2. The highest BCUT2D eigenvalue weighted by Crippen LogP contribution is 2.36. The van der Waals surface area contributed by atoms with Crippen LogP contribution in [-0.4, -0.2) is 33.4 Å². The standard InChI is InChI=1S/C17H16BrFN2O5S/c1-2-27(23,24)21(12-4-6-15-16(8-12)26-10-25-15)9-17(22)20-14-5-3-11(18)7-13(14)19/h3-8H,2,9-10H2,1H3,(H,20,22). The highest BCUT2D eigenvalue weighted by molar-refractivity contribution is 9.10. The molecule has 0 saturated carbocycles. The Balaban J connectivity index is 1.85. The van der Waals surface area contributed by atoms with Crippen LogP contribution >= 0.6 is 15.9 Å². The van der Waals surface area contributed by atoms with Gasteiger partial charge in [-0.1, -0.05) is 15.9 Å². The van der Waals surface area contributed by atoms with Crippen LogP contribution in [0, 0.1) is 5.82 Å². The second kappa shape index (κ2) is 7.73. The van der Waals surface area contributed by atoms with Crippen molar-refractivity contribution in [3.63, 3.8) is 0 Å². The molecular formula is C17H16BrFN2O5S. The maximum absolute atomic E-state index is 13.9. The molecule has 27 heavy (non-hydrogen) atoms. The van der Waals surface area contributed by atoms with Crippen molar-refractivity contribution in [2.75, 3.05) is 28.7 Å². The Morgan fingerprint density at radius 1 is 1.22 bits per heavy atom. The van der Waals surface area contributed by atoms with Gasteiger partial charge in [-0.3, -0.25) is 9.10 Å². The van der Waals surface area contributed by atoms with E-state index in [0.29, 0.717) is 16.0 Å². The summed E-state index contributed by atoms with van der Waals surface area (Å²) in [6, 6.07) is 8.74. The van der Waals surface area contributed by atoms with E-state index in [4.69, 9.17) is 9.47 Å². The zero-order chi connectivity index (χ0) is 19.6. The van der Waals surface area contributed by atoms with Crippen LogP contribution in [0.4, 0.5) is 15.8 Å². The maximum Gasteiger partial charge on any atom is 0.245 e. The van der Waals surface area contributed by atoms with E-state index in [0.717, 1.165) is 4.31 Å². The van der Waals surface area contributed by atoms with Crippen molar-refractivity contribution in [1.82, 2.24) is 0 Å². The lowest BCUT2D eigenvalue weighted by Gasteiger charge is -2.23. The number of anilines is 2. The number of nitrogens with zero attached hydrogens (tertiary/aromatic N) is 1. The third kappa shape index (κ3) is 4.33. The van der Waals surface area contributed by atoms with Crippen LogP contribution < -0.4 is 19.1 Å². The van der Waals surface area contributed by atoms with Crippen LogP contribution in [0.25, 0.3) is 0 Å². The van der Waals surface area contributed by atoms with E-state index in [1.54, 1.807) is 12.1 Å². The molecule has 1 heterocycles. The Bertz CT molecular complexity index is 983. The predicted octanol–water partition coefficient (Wildman–Crippen LogP) is 3.11. The van der Waals surface area contributed by atoms with Crippen LogP contribution in [-0.2, 0) is 14.8 Å². The van der Waals surface area contributed by atoms with E-state index in [2.05, 4.69) is 21.2 Å². The van der Waals surface area contributed by atoms with Gasteiger partial charge in [0.05, 0.1) is 17.1 Å². The van der Waals surface area contributed by atoms with Crippen LogP contribution in [0.15, 0.2) is 40.9 Å². The first kappa shape index (κ1) is 19.4.